The lowest BCUT2D eigenvalue weighted by Crippen LogP contribution is -2.32. The number of carbonyl (C=O) groups excluding carboxylic acids is 1. The van der Waals surface area contributed by atoms with Crippen molar-refractivity contribution in [3.8, 4) is 0 Å². The maximum Gasteiger partial charge on any atom is 0.415 e. The van der Waals surface area contributed by atoms with E-state index in [1.54, 1.807) is 4.90 Å². The SMILES string of the molecule is C=C1OC(=O)N2CCCCCC12. The number of hydrogen-bond donors (Lipinski definition) is 0. The van der Waals surface area contributed by atoms with Crippen molar-refractivity contribution in [2.75, 3.05) is 6.54 Å². The van der Waals surface area contributed by atoms with E-state index < -0.39 is 0 Å². The molecule has 1 amide bonds. The van der Waals surface area contributed by atoms with Crippen molar-refractivity contribution in [2.24, 2.45) is 0 Å². The van der Waals surface area contributed by atoms with E-state index in [2.05, 4.69) is 6.58 Å². The van der Waals surface area contributed by atoms with Crippen LogP contribution in [0.1, 0.15) is 25.7 Å². The summed E-state index contributed by atoms with van der Waals surface area (Å²) >= 11 is 0. The van der Waals surface area contributed by atoms with Gasteiger partial charge in [-0.3, -0.25) is 4.90 Å². The van der Waals surface area contributed by atoms with Gasteiger partial charge < -0.3 is 4.74 Å². The fourth-order valence-electron chi connectivity index (χ4n) is 1.90. The molecule has 3 nitrogen and oxygen atoms in total. The predicted molar refractivity (Wildman–Crippen MR) is 44.6 cm³/mol. The van der Waals surface area contributed by atoms with Crippen molar-refractivity contribution in [3.05, 3.63) is 12.3 Å². The summed E-state index contributed by atoms with van der Waals surface area (Å²) in [7, 11) is 0. The Morgan fingerprint density at radius 2 is 2.25 bits per heavy atom. The summed E-state index contributed by atoms with van der Waals surface area (Å²) in [5.41, 5.74) is 0. The smallest absolute Gasteiger partial charge is 0.413 e. The third-order valence-electron chi connectivity index (χ3n) is 2.58. The minimum absolute atomic E-state index is 0.167. The van der Waals surface area contributed by atoms with Crippen molar-refractivity contribution < 1.29 is 9.53 Å². The molecule has 0 radical (unpaired) electrons. The van der Waals surface area contributed by atoms with E-state index in [1.165, 1.54) is 12.8 Å². The lowest BCUT2D eigenvalue weighted by atomic mass is 10.1. The Morgan fingerprint density at radius 1 is 1.42 bits per heavy atom. The van der Waals surface area contributed by atoms with Gasteiger partial charge in [-0.25, -0.2) is 4.79 Å². The first-order valence-corrected chi connectivity index (χ1v) is 4.46. The fourth-order valence-corrected chi connectivity index (χ4v) is 1.90. The summed E-state index contributed by atoms with van der Waals surface area (Å²) < 4.78 is 4.96. The van der Waals surface area contributed by atoms with Gasteiger partial charge in [0.15, 0.2) is 0 Å². The van der Waals surface area contributed by atoms with Gasteiger partial charge in [0.05, 0.1) is 6.04 Å². The Balaban J connectivity index is 2.17. The van der Waals surface area contributed by atoms with Gasteiger partial charge in [-0.15, -0.1) is 0 Å². The molecule has 2 aliphatic heterocycles. The Labute approximate surface area is 72.0 Å². The van der Waals surface area contributed by atoms with Gasteiger partial charge in [0.25, 0.3) is 0 Å². The van der Waals surface area contributed by atoms with Crippen LogP contribution in [0.5, 0.6) is 0 Å². The van der Waals surface area contributed by atoms with E-state index in [0.717, 1.165) is 19.4 Å². The van der Waals surface area contributed by atoms with E-state index in [0.29, 0.717) is 5.76 Å². The second-order valence-electron chi connectivity index (χ2n) is 3.39. The molecule has 0 bridgehead atoms. The zero-order valence-corrected chi connectivity index (χ0v) is 7.08. The van der Waals surface area contributed by atoms with Crippen molar-refractivity contribution >= 4 is 6.09 Å². The second kappa shape index (κ2) is 2.81. The number of carbonyl (C=O) groups is 1. The first kappa shape index (κ1) is 7.65. The van der Waals surface area contributed by atoms with Gasteiger partial charge >= 0.3 is 6.09 Å². The molecule has 0 N–H and O–H groups in total. The summed E-state index contributed by atoms with van der Waals surface area (Å²) in [6, 6.07) is 0.167. The Hall–Kier alpha value is -0.990. The minimum atomic E-state index is -0.202. The third kappa shape index (κ3) is 1.09. The number of rotatable bonds is 0. The highest BCUT2D eigenvalue weighted by atomic mass is 16.6. The molecule has 0 aromatic heterocycles. The summed E-state index contributed by atoms with van der Waals surface area (Å²) in [4.78, 5) is 13.0. The first-order chi connectivity index (χ1) is 5.79. The Kier molecular flexibility index (Phi) is 1.79. The molecule has 2 fully saturated rings. The van der Waals surface area contributed by atoms with E-state index in [4.69, 9.17) is 4.74 Å². The molecule has 0 aliphatic carbocycles. The number of ether oxygens (including phenoxy) is 1. The Bertz CT molecular complexity index is 203. The van der Waals surface area contributed by atoms with Gasteiger partial charge in [-0.1, -0.05) is 19.4 Å². The lowest BCUT2D eigenvalue weighted by molar-refractivity contribution is 0.165. The van der Waals surface area contributed by atoms with Crippen LogP contribution in [0.4, 0.5) is 4.79 Å². The molecule has 1 unspecified atom stereocenters. The van der Waals surface area contributed by atoms with Crippen molar-refractivity contribution in [1.82, 2.24) is 4.90 Å². The topological polar surface area (TPSA) is 29.5 Å². The molecule has 0 aromatic rings. The van der Waals surface area contributed by atoms with E-state index >= 15 is 0 Å². The first-order valence-electron chi connectivity index (χ1n) is 4.46. The maximum atomic E-state index is 11.2. The van der Waals surface area contributed by atoms with Gasteiger partial charge in [0.2, 0.25) is 0 Å². The molecule has 12 heavy (non-hydrogen) atoms. The van der Waals surface area contributed by atoms with Crippen LogP contribution in [-0.2, 0) is 4.74 Å². The predicted octanol–water partition coefficient (Wildman–Crippen LogP) is 1.89. The van der Waals surface area contributed by atoms with Gasteiger partial charge in [0.1, 0.15) is 5.76 Å². The molecular formula is C9H13NO2. The van der Waals surface area contributed by atoms with Crippen LogP contribution in [0.3, 0.4) is 0 Å². The Morgan fingerprint density at radius 3 is 3.08 bits per heavy atom. The zero-order chi connectivity index (χ0) is 8.55. The number of hydrogen-bond acceptors (Lipinski definition) is 2. The van der Waals surface area contributed by atoms with Crippen LogP contribution in [0.15, 0.2) is 12.3 Å². The molecule has 2 aliphatic rings. The van der Waals surface area contributed by atoms with Crippen LogP contribution in [0.25, 0.3) is 0 Å². The summed E-state index contributed by atoms with van der Waals surface area (Å²) in [5, 5.41) is 0. The van der Waals surface area contributed by atoms with Crippen molar-refractivity contribution in [1.29, 1.82) is 0 Å². The minimum Gasteiger partial charge on any atom is -0.413 e. The van der Waals surface area contributed by atoms with E-state index in [-0.39, 0.29) is 12.1 Å². The average Bonchev–Trinajstić information content (AvgIpc) is 2.29. The highest BCUT2D eigenvalue weighted by Crippen LogP contribution is 2.28. The molecule has 2 heterocycles. The van der Waals surface area contributed by atoms with Gasteiger partial charge in [-0.05, 0) is 12.8 Å². The van der Waals surface area contributed by atoms with Crippen molar-refractivity contribution in [2.45, 2.75) is 31.7 Å². The normalized spacial score (nSPS) is 29.7. The highest BCUT2D eigenvalue weighted by molar-refractivity contribution is 5.72. The molecule has 1 atom stereocenters. The summed E-state index contributed by atoms with van der Waals surface area (Å²) in [6.45, 7) is 4.58. The molecule has 0 aromatic carbocycles. The van der Waals surface area contributed by atoms with Crippen LogP contribution in [0, 0.1) is 0 Å². The van der Waals surface area contributed by atoms with Crippen LogP contribution >= 0.6 is 0 Å². The van der Waals surface area contributed by atoms with Crippen molar-refractivity contribution in [3.63, 3.8) is 0 Å². The molecule has 2 saturated heterocycles. The molecule has 0 saturated carbocycles. The molecular weight excluding hydrogens is 154 g/mol. The molecule has 66 valence electrons. The van der Waals surface area contributed by atoms with Gasteiger partial charge in [0, 0.05) is 6.54 Å². The maximum absolute atomic E-state index is 11.2. The summed E-state index contributed by atoms with van der Waals surface area (Å²) in [6.07, 6.45) is 4.31. The second-order valence-corrected chi connectivity index (χ2v) is 3.39. The standard InChI is InChI=1S/C9H13NO2/c1-7-8-5-3-2-4-6-10(8)9(11)12-7/h8H,1-6H2. The molecule has 2 rings (SSSR count). The lowest BCUT2D eigenvalue weighted by Gasteiger charge is -2.16. The molecule has 3 heteroatoms. The van der Waals surface area contributed by atoms with E-state index in [1.807, 2.05) is 0 Å². The van der Waals surface area contributed by atoms with Crippen LogP contribution < -0.4 is 0 Å². The number of amides is 1. The quantitative estimate of drug-likeness (QED) is 0.551. The highest BCUT2D eigenvalue weighted by Gasteiger charge is 2.36. The molecule has 0 spiro atoms. The van der Waals surface area contributed by atoms with Crippen LogP contribution in [0.2, 0.25) is 0 Å². The van der Waals surface area contributed by atoms with E-state index in [9.17, 15) is 4.79 Å². The third-order valence-corrected chi connectivity index (χ3v) is 2.58. The number of nitrogens with zero attached hydrogens (tertiary/aromatic N) is 1. The summed E-state index contributed by atoms with van der Waals surface area (Å²) in [5.74, 6) is 0.641. The monoisotopic (exact) mass is 167 g/mol. The fraction of sp³-hybridized carbons (Fsp3) is 0.667. The van der Waals surface area contributed by atoms with Gasteiger partial charge in [-0.2, -0.15) is 0 Å². The van der Waals surface area contributed by atoms with Crippen LogP contribution in [-0.4, -0.2) is 23.6 Å². The average molecular weight is 167 g/mol. The zero-order valence-electron chi connectivity index (χ0n) is 7.08. The number of cyclic esters (lactones) is 1. The number of fused-ring (bicyclic) bond motifs is 1. The largest absolute Gasteiger partial charge is 0.415 e.